The first-order chi connectivity index (χ1) is 11.1. The lowest BCUT2D eigenvalue weighted by Crippen LogP contribution is -2.12. The van der Waals surface area contributed by atoms with E-state index in [-0.39, 0.29) is 5.56 Å². The molecule has 0 heterocycles. The summed E-state index contributed by atoms with van der Waals surface area (Å²) in [6.07, 6.45) is 0. The van der Waals surface area contributed by atoms with Crippen molar-refractivity contribution in [3.63, 3.8) is 0 Å². The first kappa shape index (κ1) is 16.4. The van der Waals surface area contributed by atoms with Crippen LogP contribution in [0.1, 0.15) is 10.4 Å². The Labute approximate surface area is 133 Å². The molecular formula is C17H16O6. The lowest BCUT2D eigenvalue weighted by atomic mass is 10.1. The van der Waals surface area contributed by atoms with E-state index in [1.807, 2.05) is 0 Å². The van der Waals surface area contributed by atoms with Gasteiger partial charge in [-0.1, -0.05) is 0 Å². The predicted molar refractivity (Wildman–Crippen MR) is 82.4 cm³/mol. The largest absolute Gasteiger partial charge is 0.497 e. The molecule has 6 heteroatoms. The standard InChI is InChI=1S/C17H16O6/c1-21-13-6-8-15(9-7-13)23-11-10-22-14-4-2-12(3-5-14)16(18)17(19)20/h2-9H,10-11H2,1H3,(H,19,20). The minimum Gasteiger partial charge on any atom is -0.497 e. The van der Waals surface area contributed by atoms with Crippen LogP contribution in [0.4, 0.5) is 0 Å². The van der Waals surface area contributed by atoms with E-state index in [1.54, 1.807) is 43.5 Å². The maximum atomic E-state index is 11.2. The van der Waals surface area contributed by atoms with Crippen molar-refractivity contribution in [3.05, 3.63) is 54.1 Å². The average molecular weight is 316 g/mol. The molecular weight excluding hydrogens is 300 g/mol. The molecule has 2 aromatic rings. The van der Waals surface area contributed by atoms with Crippen molar-refractivity contribution >= 4 is 11.8 Å². The minimum absolute atomic E-state index is 0.110. The Balaban J connectivity index is 1.77. The summed E-state index contributed by atoms with van der Waals surface area (Å²) in [4.78, 5) is 21.8. The maximum Gasteiger partial charge on any atom is 0.377 e. The van der Waals surface area contributed by atoms with Crippen molar-refractivity contribution in [1.82, 2.24) is 0 Å². The fraction of sp³-hybridized carbons (Fsp3) is 0.176. The molecule has 1 N–H and O–H groups in total. The molecule has 0 spiro atoms. The number of ether oxygens (including phenoxy) is 3. The Kier molecular flexibility index (Phi) is 5.57. The maximum absolute atomic E-state index is 11.2. The second kappa shape index (κ2) is 7.84. The van der Waals surface area contributed by atoms with E-state index < -0.39 is 11.8 Å². The predicted octanol–water partition coefficient (Wildman–Crippen LogP) is 2.42. The van der Waals surface area contributed by atoms with Crippen molar-refractivity contribution in [2.75, 3.05) is 20.3 Å². The van der Waals surface area contributed by atoms with Gasteiger partial charge in [-0.05, 0) is 48.5 Å². The van der Waals surface area contributed by atoms with Crippen LogP contribution in [0.2, 0.25) is 0 Å². The molecule has 0 saturated heterocycles. The molecule has 0 unspecified atom stereocenters. The van der Waals surface area contributed by atoms with E-state index in [9.17, 15) is 9.59 Å². The first-order valence-electron chi connectivity index (χ1n) is 6.87. The number of hydrogen-bond donors (Lipinski definition) is 1. The number of benzene rings is 2. The van der Waals surface area contributed by atoms with Gasteiger partial charge in [-0.2, -0.15) is 0 Å². The van der Waals surface area contributed by atoms with Gasteiger partial charge in [0.1, 0.15) is 30.5 Å². The molecule has 120 valence electrons. The number of carboxylic acids is 1. The van der Waals surface area contributed by atoms with Crippen LogP contribution in [0.3, 0.4) is 0 Å². The molecule has 2 aromatic carbocycles. The highest BCUT2D eigenvalue weighted by Crippen LogP contribution is 2.17. The van der Waals surface area contributed by atoms with Gasteiger partial charge in [-0.25, -0.2) is 4.79 Å². The van der Waals surface area contributed by atoms with Crippen molar-refractivity contribution in [2.45, 2.75) is 0 Å². The van der Waals surface area contributed by atoms with E-state index in [0.717, 1.165) is 5.75 Å². The number of rotatable bonds is 8. The van der Waals surface area contributed by atoms with Crippen LogP contribution in [-0.4, -0.2) is 37.2 Å². The van der Waals surface area contributed by atoms with Gasteiger partial charge in [0.05, 0.1) is 7.11 Å². The number of aliphatic carboxylic acids is 1. The van der Waals surface area contributed by atoms with E-state index in [0.29, 0.717) is 24.7 Å². The van der Waals surface area contributed by atoms with Gasteiger partial charge in [-0.3, -0.25) is 4.79 Å². The van der Waals surface area contributed by atoms with Gasteiger partial charge in [0, 0.05) is 5.56 Å². The third kappa shape index (κ3) is 4.74. The van der Waals surface area contributed by atoms with Gasteiger partial charge < -0.3 is 19.3 Å². The van der Waals surface area contributed by atoms with Crippen LogP contribution in [0.25, 0.3) is 0 Å². The highest BCUT2D eigenvalue weighted by molar-refractivity contribution is 6.39. The van der Waals surface area contributed by atoms with Gasteiger partial charge in [-0.15, -0.1) is 0 Å². The summed E-state index contributed by atoms with van der Waals surface area (Å²) in [5, 5.41) is 8.61. The molecule has 6 nitrogen and oxygen atoms in total. The molecule has 0 amide bonds. The third-order valence-electron chi connectivity index (χ3n) is 2.99. The molecule has 0 fully saturated rings. The van der Waals surface area contributed by atoms with Crippen LogP contribution in [-0.2, 0) is 4.79 Å². The molecule has 0 radical (unpaired) electrons. The Hall–Kier alpha value is -3.02. The van der Waals surface area contributed by atoms with Crippen molar-refractivity contribution in [2.24, 2.45) is 0 Å². The topological polar surface area (TPSA) is 82.1 Å². The quantitative estimate of drug-likeness (QED) is 0.457. The fourth-order valence-corrected chi connectivity index (χ4v) is 1.82. The summed E-state index contributed by atoms with van der Waals surface area (Å²) in [5.41, 5.74) is 0.110. The molecule has 0 atom stereocenters. The van der Waals surface area contributed by atoms with Crippen LogP contribution in [0, 0.1) is 0 Å². The monoisotopic (exact) mass is 316 g/mol. The molecule has 2 rings (SSSR count). The third-order valence-corrected chi connectivity index (χ3v) is 2.99. The molecule has 0 aliphatic rings. The molecule has 23 heavy (non-hydrogen) atoms. The molecule has 0 aliphatic carbocycles. The van der Waals surface area contributed by atoms with E-state index >= 15 is 0 Å². The van der Waals surface area contributed by atoms with Gasteiger partial charge in [0.2, 0.25) is 0 Å². The zero-order valence-corrected chi connectivity index (χ0v) is 12.5. The number of hydrogen-bond acceptors (Lipinski definition) is 5. The zero-order valence-electron chi connectivity index (χ0n) is 12.5. The summed E-state index contributed by atoms with van der Waals surface area (Å²) in [6.45, 7) is 0.667. The summed E-state index contributed by atoms with van der Waals surface area (Å²) >= 11 is 0. The van der Waals surface area contributed by atoms with Crippen molar-refractivity contribution in [3.8, 4) is 17.2 Å². The number of ketones is 1. The van der Waals surface area contributed by atoms with Crippen molar-refractivity contribution in [1.29, 1.82) is 0 Å². The lowest BCUT2D eigenvalue weighted by molar-refractivity contribution is -0.131. The highest BCUT2D eigenvalue weighted by atomic mass is 16.5. The summed E-state index contributed by atoms with van der Waals surface area (Å²) in [7, 11) is 1.60. The second-order valence-corrected chi connectivity index (χ2v) is 4.53. The minimum atomic E-state index is -1.48. The highest BCUT2D eigenvalue weighted by Gasteiger charge is 2.13. The number of carbonyl (C=O) groups is 2. The Bertz CT molecular complexity index is 660. The van der Waals surface area contributed by atoms with Gasteiger partial charge in [0.25, 0.3) is 5.78 Å². The molecule has 0 saturated carbocycles. The Morgan fingerprint density at radius 1 is 0.826 bits per heavy atom. The fourth-order valence-electron chi connectivity index (χ4n) is 1.82. The van der Waals surface area contributed by atoms with E-state index in [4.69, 9.17) is 19.3 Å². The SMILES string of the molecule is COc1ccc(OCCOc2ccc(C(=O)C(=O)O)cc2)cc1. The summed E-state index contributed by atoms with van der Waals surface area (Å²) < 4.78 is 16.0. The number of Topliss-reactive ketones (excluding diaryl/α,β-unsaturated/α-hetero) is 1. The Morgan fingerprint density at radius 3 is 1.70 bits per heavy atom. The summed E-state index contributed by atoms with van der Waals surface area (Å²) in [6, 6.07) is 13.1. The first-order valence-corrected chi connectivity index (χ1v) is 6.87. The number of carboxylic acid groups (broad SMARTS) is 1. The zero-order chi connectivity index (χ0) is 16.7. The van der Waals surface area contributed by atoms with Gasteiger partial charge in [0.15, 0.2) is 0 Å². The Morgan fingerprint density at radius 2 is 1.26 bits per heavy atom. The summed E-state index contributed by atoms with van der Waals surface area (Å²) in [5.74, 6) is -0.433. The van der Waals surface area contributed by atoms with Crippen LogP contribution >= 0.6 is 0 Å². The lowest BCUT2D eigenvalue weighted by Gasteiger charge is -2.09. The average Bonchev–Trinajstić information content (AvgIpc) is 2.59. The van der Waals surface area contributed by atoms with Crippen LogP contribution in [0.5, 0.6) is 17.2 Å². The normalized spacial score (nSPS) is 9.96. The van der Waals surface area contributed by atoms with Gasteiger partial charge >= 0.3 is 5.97 Å². The van der Waals surface area contributed by atoms with E-state index in [1.165, 1.54) is 12.1 Å². The van der Waals surface area contributed by atoms with Crippen LogP contribution in [0.15, 0.2) is 48.5 Å². The molecule has 0 aliphatic heterocycles. The van der Waals surface area contributed by atoms with Crippen LogP contribution < -0.4 is 14.2 Å². The molecule has 0 bridgehead atoms. The molecule has 0 aromatic heterocycles. The number of carbonyl (C=O) groups excluding carboxylic acids is 1. The second-order valence-electron chi connectivity index (χ2n) is 4.53. The van der Waals surface area contributed by atoms with E-state index in [2.05, 4.69) is 0 Å². The van der Waals surface area contributed by atoms with Crippen molar-refractivity contribution < 1.29 is 28.9 Å². The number of methoxy groups -OCH3 is 1. The smallest absolute Gasteiger partial charge is 0.377 e.